The summed E-state index contributed by atoms with van der Waals surface area (Å²) >= 11 is 0. The van der Waals surface area contributed by atoms with Crippen molar-refractivity contribution in [3.8, 4) is 0 Å². The van der Waals surface area contributed by atoms with E-state index in [9.17, 15) is 8.42 Å². The van der Waals surface area contributed by atoms with Gasteiger partial charge in [0.05, 0.1) is 11.9 Å². The molecule has 5 nitrogen and oxygen atoms in total. The molecule has 0 amide bonds. The quantitative estimate of drug-likeness (QED) is 0.767. The van der Waals surface area contributed by atoms with E-state index in [4.69, 9.17) is 4.74 Å². The third-order valence-corrected chi connectivity index (χ3v) is 7.50. The molecular weight excluding hydrogens is 312 g/mol. The molecule has 2 atom stereocenters. The maximum absolute atomic E-state index is 12.7. The minimum absolute atomic E-state index is 0.163. The lowest BCUT2D eigenvalue weighted by atomic mass is 10.1. The Bertz CT molecular complexity index is 454. The number of ether oxygens (including phenoxy) is 1. The van der Waals surface area contributed by atoms with Crippen molar-refractivity contribution in [2.75, 3.05) is 38.5 Å². The zero-order valence-electron chi connectivity index (χ0n) is 14.3. The van der Waals surface area contributed by atoms with Crippen molar-refractivity contribution >= 4 is 10.0 Å². The number of rotatable bonds is 5. The van der Waals surface area contributed by atoms with E-state index in [1.807, 2.05) is 0 Å². The lowest BCUT2D eigenvalue weighted by Gasteiger charge is -2.38. The Morgan fingerprint density at radius 3 is 2.39 bits per heavy atom. The first-order valence-corrected chi connectivity index (χ1v) is 11.1. The second kappa shape index (κ2) is 8.28. The standard InChI is InChI=1S/C17H32N2O3S/c20-23(21,14-9-17-8-6-13-22-17)19-12-5-7-16(15-19)18-10-3-1-2-4-11-18/h16-17H,1-15H2. The van der Waals surface area contributed by atoms with Crippen LogP contribution in [0.4, 0.5) is 0 Å². The normalized spacial score (nSPS) is 32.0. The Morgan fingerprint density at radius 1 is 0.913 bits per heavy atom. The molecule has 0 aromatic heterocycles. The fraction of sp³-hybridized carbons (Fsp3) is 1.00. The maximum Gasteiger partial charge on any atom is 0.214 e. The fourth-order valence-corrected chi connectivity index (χ4v) is 5.84. The summed E-state index contributed by atoms with van der Waals surface area (Å²) in [5, 5.41) is 0. The van der Waals surface area contributed by atoms with Gasteiger partial charge < -0.3 is 4.74 Å². The summed E-state index contributed by atoms with van der Waals surface area (Å²) in [6, 6.07) is 0.430. The van der Waals surface area contributed by atoms with E-state index in [1.54, 1.807) is 4.31 Å². The number of likely N-dealkylation sites (tertiary alicyclic amines) is 1. The zero-order valence-corrected chi connectivity index (χ0v) is 15.1. The number of sulfonamides is 1. The zero-order chi connectivity index (χ0) is 16.1. The van der Waals surface area contributed by atoms with Gasteiger partial charge in [0.15, 0.2) is 0 Å². The molecule has 0 aromatic carbocycles. The van der Waals surface area contributed by atoms with Crippen LogP contribution in [0.3, 0.4) is 0 Å². The SMILES string of the molecule is O=S(=O)(CCC1CCCO1)N1CCCC(N2CCCCCC2)C1. The molecule has 0 spiro atoms. The molecule has 3 aliphatic rings. The van der Waals surface area contributed by atoms with Crippen molar-refractivity contribution in [1.82, 2.24) is 9.21 Å². The van der Waals surface area contributed by atoms with Gasteiger partial charge in [0.2, 0.25) is 10.0 Å². The van der Waals surface area contributed by atoms with Gasteiger partial charge in [-0.15, -0.1) is 0 Å². The highest BCUT2D eigenvalue weighted by molar-refractivity contribution is 7.89. The number of hydrogen-bond donors (Lipinski definition) is 0. The topological polar surface area (TPSA) is 49.9 Å². The van der Waals surface area contributed by atoms with E-state index in [2.05, 4.69) is 4.90 Å². The average Bonchev–Trinajstić information content (AvgIpc) is 2.94. The number of hydrogen-bond acceptors (Lipinski definition) is 4. The Hall–Kier alpha value is -0.170. The molecule has 2 unspecified atom stereocenters. The smallest absolute Gasteiger partial charge is 0.214 e. The lowest BCUT2D eigenvalue weighted by molar-refractivity contribution is 0.108. The van der Waals surface area contributed by atoms with Crippen molar-refractivity contribution in [2.45, 2.75) is 69.9 Å². The highest BCUT2D eigenvalue weighted by Gasteiger charge is 2.32. The van der Waals surface area contributed by atoms with Crippen LogP contribution in [0.5, 0.6) is 0 Å². The van der Waals surface area contributed by atoms with E-state index in [-0.39, 0.29) is 11.9 Å². The van der Waals surface area contributed by atoms with Crippen LogP contribution in [0.1, 0.15) is 57.8 Å². The second-order valence-corrected chi connectivity index (χ2v) is 9.43. The van der Waals surface area contributed by atoms with Gasteiger partial charge in [0.1, 0.15) is 0 Å². The monoisotopic (exact) mass is 344 g/mol. The predicted molar refractivity (Wildman–Crippen MR) is 92.0 cm³/mol. The minimum Gasteiger partial charge on any atom is -0.378 e. The van der Waals surface area contributed by atoms with Crippen LogP contribution >= 0.6 is 0 Å². The summed E-state index contributed by atoms with van der Waals surface area (Å²) in [5.74, 6) is 0.254. The van der Waals surface area contributed by atoms with Crippen LogP contribution in [0.25, 0.3) is 0 Å². The number of piperidine rings is 1. The molecule has 3 heterocycles. The highest BCUT2D eigenvalue weighted by atomic mass is 32.2. The number of nitrogens with zero attached hydrogens (tertiary/aromatic N) is 2. The van der Waals surface area contributed by atoms with E-state index in [0.29, 0.717) is 25.6 Å². The first kappa shape index (κ1) is 17.6. The van der Waals surface area contributed by atoms with Crippen LogP contribution in [-0.2, 0) is 14.8 Å². The summed E-state index contributed by atoms with van der Waals surface area (Å²) in [6.45, 7) is 4.50. The predicted octanol–water partition coefficient (Wildman–Crippen LogP) is 2.23. The van der Waals surface area contributed by atoms with Gasteiger partial charge in [-0.3, -0.25) is 4.90 Å². The molecule has 3 saturated heterocycles. The van der Waals surface area contributed by atoms with Crippen LogP contribution in [0.15, 0.2) is 0 Å². The summed E-state index contributed by atoms with van der Waals surface area (Å²) in [7, 11) is -3.12. The van der Waals surface area contributed by atoms with Crippen LogP contribution < -0.4 is 0 Å². The maximum atomic E-state index is 12.7. The Kier molecular flexibility index (Phi) is 6.35. The molecule has 3 rings (SSSR count). The van der Waals surface area contributed by atoms with Crippen molar-refractivity contribution in [2.24, 2.45) is 0 Å². The Balaban J connectivity index is 1.53. The van der Waals surface area contributed by atoms with Gasteiger partial charge in [0.25, 0.3) is 0 Å². The molecule has 3 aliphatic heterocycles. The molecule has 0 radical (unpaired) electrons. The summed E-state index contributed by atoms with van der Waals surface area (Å²) in [4.78, 5) is 2.55. The average molecular weight is 345 g/mol. The molecule has 0 aromatic rings. The van der Waals surface area contributed by atoms with Crippen molar-refractivity contribution in [1.29, 1.82) is 0 Å². The first-order chi connectivity index (χ1) is 11.1. The van der Waals surface area contributed by atoms with Gasteiger partial charge in [0, 0.05) is 25.7 Å². The van der Waals surface area contributed by atoms with Gasteiger partial charge in [-0.25, -0.2) is 12.7 Å². The third kappa shape index (κ3) is 4.91. The Labute approximate surface area is 141 Å². The molecule has 0 saturated carbocycles. The van der Waals surface area contributed by atoms with Crippen molar-refractivity contribution in [3.63, 3.8) is 0 Å². The van der Waals surface area contributed by atoms with Gasteiger partial charge in [-0.1, -0.05) is 12.8 Å². The summed E-state index contributed by atoms with van der Waals surface area (Å²) in [6.07, 6.45) is 10.3. The summed E-state index contributed by atoms with van der Waals surface area (Å²) in [5.41, 5.74) is 0. The molecule has 0 N–H and O–H groups in total. The van der Waals surface area contributed by atoms with E-state index >= 15 is 0 Å². The molecule has 134 valence electrons. The summed E-state index contributed by atoms with van der Waals surface area (Å²) < 4.78 is 32.7. The lowest BCUT2D eigenvalue weighted by Crippen LogP contribution is -2.50. The fourth-order valence-electron chi connectivity index (χ4n) is 4.21. The molecule has 6 heteroatoms. The molecule has 3 fully saturated rings. The molecule has 0 bridgehead atoms. The molecule has 23 heavy (non-hydrogen) atoms. The van der Waals surface area contributed by atoms with Gasteiger partial charge in [-0.2, -0.15) is 0 Å². The van der Waals surface area contributed by atoms with Crippen molar-refractivity contribution in [3.05, 3.63) is 0 Å². The first-order valence-electron chi connectivity index (χ1n) is 9.49. The van der Waals surface area contributed by atoms with E-state index < -0.39 is 10.0 Å². The highest BCUT2D eigenvalue weighted by Crippen LogP contribution is 2.23. The van der Waals surface area contributed by atoms with Crippen molar-refractivity contribution < 1.29 is 13.2 Å². The third-order valence-electron chi connectivity index (χ3n) is 5.63. The second-order valence-electron chi connectivity index (χ2n) is 7.34. The largest absolute Gasteiger partial charge is 0.378 e. The minimum atomic E-state index is -3.12. The van der Waals surface area contributed by atoms with Crippen LogP contribution in [-0.4, -0.2) is 68.3 Å². The van der Waals surface area contributed by atoms with Crippen LogP contribution in [0, 0.1) is 0 Å². The van der Waals surface area contributed by atoms with Crippen LogP contribution in [0.2, 0.25) is 0 Å². The van der Waals surface area contributed by atoms with Gasteiger partial charge in [-0.05, 0) is 58.0 Å². The van der Waals surface area contributed by atoms with E-state index in [0.717, 1.165) is 45.4 Å². The molecular formula is C17H32N2O3S. The Morgan fingerprint density at radius 2 is 1.70 bits per heavy atom. The van der Waals surface area contributed by atoms with E-state index in [1.165, 1.54) is 25.7 Å². The molecule has 0 aliphatic carbocycles. The van der Waals surface area contributed by atoms with Gasteiger partial charge >= 0.3 is 0 Å².